The van der Waals surface area contributed by atoms with Gasteiger partial charge in [0.05, 0.1) is 7.11 Å². The summed E-state index contributed by atoms with van der Waals surface area (Å²) < 4.78 is 5.36. The third kappa shape index (κ3) is 5.37. The maximum atomic E-state index is 12.6. The number of carbonyl (C=O) groups excluding carboxylic acids is 2. The fourth-order valence-corrected chi connectivity index (χ4v) is 4.02. The van der Waals surface area contributed by atoms with E-state index < -0.39 is 0 Å². The molecule has 1 aliphatic heterocycles. The normalized spacial score (nSPS) is 18.3. The highest BCUT2D eigenvalue weighted by molar-refractivity contribution is 5.77. The first-order valence-corrected chi connectivity index (χ1v) is 10.1. The van der Waals surface area contributed by atoms with E-state index in [1.807, 2.05) is 34.1 Å². The van der Waals surface area contributed by atoms with Gasteiger partial charge in [0, 0.05) is 38.6 Å². The fraction of sp³-hybridized carbons (Fsp3) is 0.619. The zero-order valence-electron chi connectivity index (χ0n) is 16.3. The number of urea groups is 1. The second kappa shape index (κ2) is 9.62. The van der Waals surface area contributed by atoms with Crippen LogP contribution in [0, 0.1) is 0 Å². The van der Waals surface area contributed by atoms with Crippen LogP contribution in [0.3, 0.4) is 0 Å². The summed E-state index contributed by atoms with van der Waals surface area (Å²) >= 11 is 0. The number of ether oxygens (including phenoxy) is 1. The Morgan fingerprint density at radius 3 is 2.52 bits per heavy atom. The number of benzene rings is 1. The Kier molecular flexibility index (Phi) is 6.96. The van der Waals surface area contributed by atoms with Gasteiger partial charge in [0.25, 0.3) is 0 Å². The first-order valence-electron chi connectivity index (χ1n) is 10.1. The van der Waals surface area contributed by atoms with Gasteiger partial charge in [-0.05, 0) is 37.3 Å². The van der Waals surface area contributed by atoms with Crippen LogP contribution in [0.15, 0.2) is 24.3 Å². The van der Waals surface area contributed by atoms with Gasteiger partial charge < -0.3 is 19.9 Å². The van der Waals surface area contributed by atoms with E-state index in [0.29, 0.717) is 32.0 Å². The Balaban J connectivity index is 1.46. The predicted octanol–water partition coefficient (Wildman–Crippen LogP) is 2.81. The largest absolute Gasteiger partial charge is 0.496 e. The summed E-state index contributed by atoms with van der Waals surface area (Å²) in [5.74, 6) is 0.981. The Hall–Kier alpha value is -2.24. The van der Waals surface area contributed by atoms with E-state index >= 15 is 0 Å². The average Bonchev–Trinajstić information content (AvgIpc) is 3.07. The summed E-state index contributed by atoms with van der Waals surface area (Å²) in [4.78, 5) is 28.9. The molecule has 1 aromatic rings. The number of rotatable bonds is 5. The molecule has 148 valence electrons. The molecular weight excluding hydrogens is 342 g/mol. The van der Waals surface area contributed by atoms with Gasteiger partial charge in [-0.1, -0.05) is 31.0 Å². The second-order valence-corrected chi connectivity index (χ2v) is 7.46. The van der Waals surface area contributed by atoms with Crippen LogP contribution in [0.25, 0.3) is 0 Å². The molecule has 1 N–H and O–H groups in total. The van der Waals surface area contributed by atoms with E-state index in [0.717, 1.165) is 43.7 Å². The van der Waals surface area contributed by atoms with Gasteiger partial charge in [0.1, 0.15) is 5.75 Å². The highest BCUT2D eigenvalue weighted by Crippen LogP contribution is 2.20. The quantitative estimate of drug-likeness (QED) is 0.863. The van der Waals surface area contributed by atoms with Gasteiger partial charge in [-0.25, -0.2) is 4.79 Å². The Morgan fingerprint density at radius 2 is 1.74 bits per heavy atom. The van der Waals surface area contributed by atoms with Crippen molar-refractivity contribution in [2.75, 3.05) is 33.3 Å². The molecule has 6 nitrogen and oxygen atoms in total. The minimum atomic E-state index is 0.0326. The van der Waals surface area contributed by atoms with E-state index in [1.54, 1.807) is 7.11 Å². The lowest BCUT2D eigenvalue weighted by molar-refractivity contribution is -0.131. The number of methoxy groups -OCH3 is 1. The van der Waals surface area contributed by atoms with Crippen molar-refractivity contribution in [3.63, 3.8) is 0 Å². The molecule has 0 radical (unpaired) electrons. The van der Waals surface area contributed by atoms with E-state index in [1.165, 1.54) is 12.8 Å². The summed E-state index contributed by atoms with van der Waals surface area (Å²) in [6.07, 6.45) is 6.57. The number of nitrogens with one attached hydrogen (secondary N) is 1. The molecule has 3 amide bonds. The third-order valence-electron chi connectivity index (χ3n) is 5.62. The van der Waals surface area contributed by atoms with Gasteiger partial charge in [0.2, 0.25) is 5.91 Å². The number of para-hydroxylation sites is 1. The summed E-state index contributed by atoms with van der Waals surface area (Å²) in [6.45, 7) is 2.66. The smallest absolute Gasteiger partial charge is 0.317 e. The molecule has 1 saturated heterocycles. The number of amides is 3. The molecule has 0 atom stereocenters. The molecule has 6 heteroatoms. The molecule has 0 aromatic heterocycles. The van der Waals surface area contributed by atoms with Crippen molar-refractivity contribution >= 4 is 11.9 Å². The molecule has 1 aromatic carbocycles. The summed E-state index contributed by atoms with van der Waals surface area (Å²) in [5, 5.41) is 3.15. The number of carbonyl (C=O) groups is 2. The Bertz CT molecular complexity index is 643. The minimum Gasteiger partial charge on any atom is -0.496 e. The third-order valence-corrected chi connectivity index (χ3v) is 5.62. The molecule has 0 unspecified atom stereocenters. The van der Waals surface area contributed by atoms with Gasteiger partial charge >= 0.3 is 6.03 Å². The van der Waals surface area contributed by atoms with Crippen LogP contribution in [0.4, 0.5) is 4.79 Å². The lowest BCUT2D eigenvalue weighted by atomic mass is 10.1. The molecule has 2 aliphatic rings. The van der Waals surface area contributed by atoms with Crippen LogP contribution >= 0.6 is 0 Å². The van der Waals surface area contributed by atoms with E-state index in [4.69, 9.17) is 4.74 Å². The van der Waals surface area contributed by atoms with Gasteiger partial charge in [0.15, 0.2) is 0 Å². The number of nitrogens with zero attached hydrogens (tertiary/aromatic N) is 2. The van der Waals surface area contributed by atoms with Crippen LogP contribution in [-0.2, 0) is 11.2 Å². The molecule has 3 rings (SSSR count). The van der Waals surface area contributed by atoms with Crippen LogP contribution in [0.5, 0.6) is 5.75 Å². The summed E-state index contributed by atoms with van der Waals surface area (Å²) in [7, 11) is 1.65. The number of hydrogen-bond acceptors (Lipinski definition) is 3. The van der Waals surface area contributed by atoms with Crippen LogP contribution < -0.4 is 10.1 Å². The lowest BCUT2D eigenvalue weighted by Crippen LogP contribution is -2.45. The Labute approximate surface area is 161 Å². The van der Waals surface area contributed by atoms with Gasteiger partial charge in [-0.15, -0.1) is 0 Å². The molecule has 1 saturated carbocycles. The Morgan fingerprint density at radius 1 is 1.04 bits per heavy atom. The van der Waals surface area contributed by atoms with Crippen molar-refractivity contribution in [2.24, 2.45) is 0 Å². The molecule has 2 fully saturated rings. The first kappa shape index (κ1) is 19.5. The van der Waals surface area contributed by atoms with Gasteiger partial charge in [-0.2, -0.15) is 0 Å². The van der Waals surface area contributed by atoms with Crippen molar-refractivity contribution in [3.8, 4) is 5.75 Å². The first-order chi connectivity index (χ1) is 13.2. The molecule has 0 spiro atoms. The van der Waals surface area contributed by atoms with Crippen LogP contribution in [-0.4, -0.2) is 61.1 Å². The van der Waals surface area contributed by atoms with Crippen molar-refractivity contribution in [1.82, 2.24) is 15.1 Å². The van der Waals surface area contributed by atoms with E-state index in [9.17, 15) is 9.59 Å². The van der Waals surface area contributed by atoms with Crippen LogP contribution in [0.2, 0.25) is 0 Å². The molecule has 1 heterocycles. The standard InChI is InChI=1S/C21H31N3O3/c1-27-19-10-5-2-7-17(19)11-12-20(25)23-13-6-14-24(16-15-23)21(26)22-18-8-3-4-9-18/h2,5,7,10,18H,3-4,6,8-9,11-16H2,1H3,(H,22,26). The highest BCUT2D eigenvalue weighted by Gasteiger charge is 2.24. The topological polar surface area (TPSA) is 61.9 Å². The van der Waals surface area contributed by atoms with Crippen molar-refractivity contribution in [2.45, 2.75) is 51.0 Å². The lowest BCUT2D eigenvalue weighted by Gasteiger charge is -2.24. The van der Waals surface area contributed by atoms with Gasteiger partial charge in [-0.3, -0.25) is 4.79 Å². The second-order valence-electron chi connectivity index (χ2n) is 7.46. The van der Waals surface area contributed by atoms with Crippen molar-refractivity contribution < 1.29 is 14.3 Å². The summed E-state index contributed by atoms with van der Waals surface area (Å²) in [5.41, 5.74) is 1.06. The highest BCUT2D eigenvalue weighted by atomic mass is 16.5. The predicted molar refractivity (Wildman–Crippen MR) is 105 cm³/mol. The zero-order valence-corrected chi connectivity index (χ0v) is 16.3. The monoisotopic (exact) mass is 373 g/mol. The maximum absolute atomic E-state index is 12.6. The van der Waals surface area contributed by atoms with E-state index in [-0.39, 0.29) is 11.9 Å². The minimum absolute atomic E-state index is 0.0326. The van der Waals surface area contributed by atoms with Crippen LogP contribution in [0.1, 0.15) is 44.1 Å². The number of aryl methyl sites for hydroxylation is 1. The molecule has 1 aliphatic carbocycles. The SMILES string of the molecule is COc1ccccc1CCC(=O)N1CCCN(C(=O)NC2CCCC2)CC1. The van der Waals surface area contributed by atoms with Crippen molar-refractivity contribution in [3.05, 3.63) is 29.8 Å². The van der Waals surface area contributed by atoms with E-state index in [2.05, 4.69) is 5.32 Å². The molecular formula is C21H31N3O3. The maximum Gasteiger partial charge on any atom is 0.317 e. The van der Waals surface area contributed by atoms with Crippen molar-refractivity contribution in [1.29, 1.82) is 0 Å². The average molecular weight is 373 g/mol. The molecule has 27 heavy (non-hydrogen) atoms. The summed E-state index contributed by atoms with van der Waals surface area (Å²) in [6, 6.07) is 8.19. The molecule has 0 bridgehead atoms. The fourth-order valence-electron chi connectivity index (χ4n) is 4.02. The zero-order chi connectivity index (χ0) is 19.1. The number of hydrogen-bond donors (Lipinski definition) is 1.